The summed E-state index contributed by atoms with van der Waals surface area (Å²) in [7, 11) is 0. The number of rotatable bonds is 3. The van der Waals surface area contributed by atoms with Crippen LogP contribution in [-0.4, -0.2) is 43.0 Å². The van der Waals surface area contributed by atoms with Gasteiger partial charge in [-0.3, -0.25) is 9.69 Å². The van der Waals surface area contributed by atoms with Gasteiger partial charge in [0.2, 0.25) is 5.91 Å². The van der Waals surface area contributed by atoms with Gasteiger partial charge in [-0.1, -0.05) is 12.1 Å². The molecule has 0 aliphatic carbocycles. The number of nitrogens with two attached hydrogens (primary N) is 1. The SMILES string of the molecule is N#Cc1ccccc1N1CCC(N2CCCC(C(N)=O)C2)CC1. The number of nitrogens with zero attached hydrogens (tertiary/aromatic N) is 3. The van der Waals surface area contributed by atoms with Crippen LogP contribution in [0.4, 0.5) is 5.69 Å². The zero-order valence-corrected chi connectivity index (χ0v) is 13.4. The van der Waals surface area contributed by atoms with Crippen molar-refractivity contribution in [3.05, 3.63) is 29.8 Å². The summed E-state index contributed by atoms with van der Waals surface area (Å²) in [5.74, 6) is -0.142. The Kier molecular flexibility index (Phi) is 4.82. The molecule has 1 amide bonds. The highest BCUT2D eigenvalue weighted by molar-refractivity contribution is 5.76. The summed E-state index contributed by atoms with van der Waals surface area (Å²) in [5, 5.41) is 9.26. The molecular weight excluding hydrogens is 288 g/mol. The summed E-state index contributed by atoms with van der Waals surface area (Å²) in [6, 6.07) is 10.6. The van der Waals surface area contributed by atoms with Crippen LogP contribution in [0.15, 0.2) is 24.3 Å². The summed E-state index contributed by atoms with van der Waals surface area (Å²) in [5.41, 5.74) is 7.28. The van der Waals surface area contributed by atoms with Crippen LogP contribution in [0.3, 0.4) is 0 Å². The van der Waals surface area contributed by atoms with Crippen LogP contribution in [0.2, 0.25) is 0 Å². The zero-order valence-electron chi connectivity index (χ0n) is 13.4. The second-order valence-corrected chi connectivity index (χ2v) is 6.58. The molecule has 0 bridgehead atoms. The van der Waals surface area contributed by atoms with Crippen molar-refractivity contribution in [1.82, 2.24) is 4.90 Å². The van der Waals surface area contributed by atoms with Gasteiger partial charge in [0.15, 0.2) is 0 Å². The topological polar surface area (TPSA) is 73.4 Å². The standard InChI is InChI=1S/C18H24N4O/c19-12-14-4-1-2-6-17(14)21-10-7-16(8-11-21)22-9-3-5-15(13-22)18(20)23/h1-2,4,6,15-16H,3,5,7-11,13H2,(H2,20,23). The highest BCUT2D eigenvalue weighted by Crippen LogP contribution is 2.27. The van der Waals surface area contributed by atoms with E-state index < -0.39 is 0 Å². The van der Waals surface area contributed by atoms with Crippen molar-refractivity contribution in [1.29, 1.82) is 5.26 Å². The third-order valence-corrected chi connectivity index (χ3v) is 5.20. The van der Waals surface area contributed by atoms with Crippen LogP contribution < -0.4 is 10.6 Å². The van der Waals surface area contributed by atoms with Gasteiger partial charge in [-0.15, -0.1) is 0 Å². The van der Waals surface area contributed by atoms with E-state index in [9.17, 15) is 10.1 Å². The quantitative estimate of drug-likeness (QED) is 0.922. The molecule has 2 heterocycles. The molecule has 1 unspecified atom stereocenters. The molecule has 1 atom stereocenters. The van der Waals surface area contributed by atoms with Gasteiger partial charge in [0.25, 0.3) is 0 Å². The van der Waals surface area contributed by atoms with Crippen LogP contribution >= 0.6 is 0 Å². The molecule has 23 heavy (non-hydrogen) atoms. The summed E-state index contributed by atoms with van der Waals surface area (Å²) >= 11 is 0. The number of primary amides is 1. The van der Waals surface area contributed by atoms with Crippen LogP contribution in [0, 0.1) is 17.2 Å². The molecule has 0 saturated carbocycles. The number of hydrogen-bond acceptors (Lipinski definition) is 4. The molecule has 0 aromatic heterocycles. The fourth-order valence-electron chi connectivity index (χ4n) is 3.89. The number of carbonyl (C=O) groups excluding carboxylic acids is 1. The van der Waals surface area contributed by atoms with Crippen LogP contribution in [-0.2, 0) is 4.79 Å². The fraction of sp³-hybridized carbons (Fsp3) is 0.556. The van der Waals surface area contributed by atoms with E-state index in [1.165, 1.54) is 0 Å². The third-order valence-electron chi connectivity index (χ3n) is 5.20. The molecule has 0 spiro atoms. The molecule has 1 aromatic rings. The minimum Gasteiger partial charge on any atom is -0.370 e. The molecule has 2 fully saturated rings. The molecule has 2 aliphatic heterocycles. The van der Waals surface area contributed by atoms with E-state index in [1.807, 2.05) is 24.3 Å². The normalized spacial score (nSPS) is 23.4. The van der Waals surface area contributed by atoms with Crippen molar-refractivity contribution >= 4 is 11.6 Å². The second kappa shape index (κ2) is 7.01. The second-order valence-electron chi connectivity index (χ2n) is 6.58. The van der Waals surface area contributed by atoms with Crippen molar-refractivity contribution in [2.24, 2.45) is 11.7 Å². The molecule has 2 aliphatic rings. The molecular formula is C18H24N4O. The van der Waals surface area contributed by atoms with Gasteiger partial charge in [-0.25, -0.2) is 0 Å². The van der Waals surface area contributed by atoms with Gasteiger partial charge >= 0.3 is 0 Å². The molecule has 2 N–H and O–H groups in total. The highest BCUT2D eigenvalue weighted by Gasteiger charge is 2.31. The van der Waals surface area contributed by atoms with Crippen molar-refractivity contribution in [3.8, 4) is 6.07 Å². The maximum atomic E-state index is 11.4. The van der Waals surface area contributed by atoms with E-state index in [1.54, 1.807) is 0 Å². The van der Waals surface area contributed by atoms with Gasteiger partial charge in [0.1, 0.15) is 6.07 Å². The Morgan fingerprint density at radius 2 is 1.91 bits per heavy atom. The fourth-order valence-corrected chi connectivity index (χ4v) is 3.89. The number of piperidine rings is 2. The Labute approximate surface area is 137 Å². The van der Waals surface area contributed by atoms with E-state index in [0.29, 0.717) is 6.04 Å². The summed E-state index contributed by atoms with van der Waals surface area (Å²) in [6.07, 6.45) is 4.14. The zero-order chi connectivity index (χ0) is 16.2. The van der Waals surface area contributed by atoms with Crippen molar-refractivity contribution in [2.45, 2.75) is 31.7 Å². The number of benzene rings is 1. The average Bonchev–Trinajstić information content (AvgIpc) is 2.62. The first-order chi connectivity index (χ1) is 11.2. The number of amides is 1. The molecule has 5 nitrogen and oxygen atoms in total. The van der Waals surface area contributed by atoms with E-state index in [0.717, 1.165) is 63.1 Å². The van der Waals surface area contributed by atoms with Crippen molar-refractivity contribution in [2.75, 3.05) is 31.1 Å². The molecule has 2 saturated heterocycles. The number of nitriles is 1. The minimum absolute atomic E-state index is 0.0149. The number of hydrogen-bond donors (Lipinski definition) is 1. The third kappa shape index (κ3) is 3.48. The predicted octanol–water partition coefficient (Wildman–Crippen LogP) is 1.72. The van der Waals surface area contributed by atoms with Gasteiger partial charge in [0.05, 0.1) is 17.2 Å². The Hall–Kier alpha value is -2.06. The van der Waals surface area contributed by atoms with E-state index in [4.69, 9.17) is 5.73 Å². The lowest BCUT2D eigenvalue weighted by atomic mass is 9.93. The lowest BCUT2D eigenvalue weighted by molar-refractivity contribution is -0.123. The smallest absolute Gasteiger partial charge is 0.221 e. The first-order valence-corrected chi connectivity index (χ1v) is 8.46. The number of anilines is 1. The Bertz CT molecular complexity index is 601. The first kappa shape index (κ1) is 15.8. The monoisotopic (exact) mass is 312 g/mol. The maximum Gasteiger partial charge on any atom is 0.221 e. The van der Waals surface area contributed by atoms with Gasteiger partial charge in [-0.2, -0.15) is 5.26 Å². The summed E-state index contributed by atoms with van der Waals surface area (Å²) < 4.78 is 0. The number of para-hydroxylation sites is 1. The van der Waals surface area contributed by atoms with Crippen LogP contribution in [0.25, 0.3) is 0 Å². The molecule has 1 aromatic carbocycles. The summed E-state index contributed by atoms with van der Waals surface area (Å²) in [6.45, 7) is 3.81. The predicted molar refractivity (Wildman–Crippen MR) is 89.9 cm³/mol. The largest absolute Gasteiger partial charge is 0.370 e. The van der Waals surface area contributed by atoms with E-state index in [2.05, 4.69) is 15.9 Å². The molecule has 3 rings (SSSR count). The Morgan fingerprint density at radius 1 is 1.17 bits per heavy atom. The maximum absolute atomic E-state index is 11.4. The van der Waals surface area contributed by atoms with Crippen molar-refractivity contribution in [3.63, 3.8) is 0 Å². The number of carbonyl (C=O) groups is 1. The Balaban J connectivity index is 1.60. The molecule has 122 valence electrons. The average molecular weight is 312 g/mol. The number of likely N-dealkylation sites (tertiary alicyclic amines) is 1. The lowest BCUT2D eigenvalue weighted by Gasteiger charge is -2.42. The minimum atomic E-state index is -0.157. The highest BCUT2D eigenvalue weighted by atomic mass is 16.1. The van der Waals surface area contributed by atoms with Crippen LogP contribution in [0.1, 0.15) is 31.2 Å². The van der Waals surface area contributed by atoms with E-state index in [-0.39, 0.29) is 11.8 Å². The van der Waals surface area contributed by atoms with Crippen molar-refractivity contribution < 1.29 is 4.79 Å². The van der Waals surface area contributed by atoms with Gasteiger partial charge in [0, 0.05) is 25.7 Å². The Morgan fingerprint density at radius 3 is 2.61 bits per heavy atom. The van der Waals surface area contributed by atoms with Gasteiger partial charge < -0.3 is 10.6 Å². The molecule has 0 radical (unpaired) electrons. The summed E-state index contributed by atoms with van der Waals surface area (Å²) in [4.78, 5) is 16.2. The van der Waals surface area contributed by atoms with Crippen LogP contribution in [0.5, 0.6) is 0 Å². The molecule has 5 heteroatoms. The lowest BCUT2D eigenvalue weighted by Crippen LogP contribution is -2.50. The van der Waals surface area contributed by atoms with E-state index >= 15 is 0 Å². The first-order valence-electron chi connectivity index (χ1n) is 8.46. The van der Waals surface area contributed by atoms with Gasteiger partial charge in [-0.05, 0) is 44.4 Å².